The van der Waals surface area contributed by atoms with Crippen LogP contribution < -0.4 is 4.74 Å². The molecule has 166 valence electrons. The number of piperazine rings is 1. The minimum Gasteiger partial charge on any atom is -0.490 e. The SMILES string of the molecule is CC(C)(C)OC(=O)N1CCN(CC(O)COc2cccc3[nH]c4ccccc4c23)CC1. The van der Waals surface area contributed by atoms with E-state index >= 15 is 0 Å². The lowest BCUT2D eigenvalue weighted by atomic mass is 10.1. The van der Waals surface area contributed by atoms with E-state index in [1.165, 1.54) is 0 Å². The quantitative estimate of drug-likeness (QED) is 0.653. The van der Waals surface area contributed by atoms with Crippen molar-refractivity contribution in [2.45, 2.75) is 32.5 Å². The van der Waals surface area contributed by atoms with Crippen molar-refractivity contribution in [3.05, 3.63) is 42.5 Å². The van der Waals surface area contributed by atoms with Crippen molar-refractivity contribution in [3.63, 3.8) is 0 Å². The Kier molecular flexibility index (Phi) is 6.07. The van der Waals surface area contributed by atoms with Crippen LogP contribution in [0.25, 0.3) is 21.8 Å². The molecule has 3 aromatic rings. The maximum atomic E-state index is 12.2. The highest BCUT2D eigenvalue weighted by Crippen LogP contribution is 2.33. The number of aromatic amines is 1. The maximum absolute atomic E-state index is 12.2. The van der Waals surface area contributed by atoms with Gasteiger partial charge in [-0.15, -0.1) is 0 Å². The zero-order valence-corrected chi connectivity index (χ0v) is 18.4. The molecule has 0 aliphatic carbocycles. The fourth-order valence-electron chi connectivity index (χ4n) is 3.96. The number of benzene rings is 2. The maximum Gasteiger partial charge on any atom is 0.410 e. The molecule has 1 unspecified atom stereocenters. The summed E-state index contributed by atoms with van der Waals surface area (Å²) in [6, 6.07) is 14.1. The Morgan fingerprint density at radius 2 is 1.77 bits per heavy atom. The van der Waals surface area contributed by atoms with Crippen LogP contribution in [0.2, 0.25) is 0 Å². The molecule has 1 amide bonds. The zero-order valence-electron chi connectivity index (χ0n) is 18.4. The standard InChI is InChI=1S/C24H31N3O4/c1-24(2,3)31-23(29)27-13-11-26(12-14-27)15-17(28)16-30-21-10-6-9-20-22(21)18-7-4-5-8-19(18)25-20/h4-10,17,25,28H,11-16H2,1-3H3. The van der Waals surface area contributed by atoms with Crippen LogP contribution in [-0.4, -0.2) is 77.0 Å². The number of aliphatic hydroxyl groups is 1. The van der Waals surface area contributed by atoms with Gasteiger partial charge < -0.3 is 24.5 Å². The molecule has 2 heterocycles. The highest BCUT2D eigenvalue weighted by molar-refractivity contribution is 6.10. The van der Waals surface area contributed by atoms with Crippen LogP contribution >= 0.6 is 0 Å². The Bertz CT molecular complexity index is 1050. The molecule has 1 aromatic heterocycles. The van der Waals surface area contributed by atoms with Crippen LogP contribution in [0.15, 0.2) is 42.5 Å². The lowest BCUT2D eigenvalue weighted by Crippen LogP contribution is -2.51. The van der Waals surface area contributed by atoms with Gasteiger partial charge in [-0.25, -0.2) is 4.79 Å². The van der Waals surface area contributed by atoms with E-state index in [0.717, 1.165) is 27.6 Å². The molecule has 7 nitrogen and oxygen atoms in total. The molecule has 31 heavy (non-hydrogen) atoms. The van der Waals surface area contributed by atoms with E-state index in [1.807, 2.05) is 57.2 Å². The topological polar surface area (TPSA) is 78.0 Å². The first kappa shape index (κ1) is 21.5. The number of ether oxygens (including phenoxy) is 2. The average molecular weight is 426 g/mol. The number of hydrogen-bond acceptors (Lipinski definition) is 5. The number of nitrogens with one attached hydrogen (secondary N) is 1. The molecule has 0 spiro atoms. The molecule has 1 atom stereocenters. The molecule has 7 heteroatoms. The summed E-state index contributed by atoms with van der Waals surface area (Å²) in [5.41, 5.74) is 1.60. The monoisotopic (exact) mass is 425 g/mol. The second-order valence-electron chi connectivity index (χ2n) is 9.08. The Labute approximate surface area is 182 Å². The van der Waals surface area contributed by atoms with Crippen molar-refractivity contribution in [1.82, 2.24) is 14.8 Å². The molecule has 0 saturated carbocycles. The third kappa shape index (κ3) is 5.11. The number of aliphatic hydroxyl groups excluding tert-OH is 1. The van der Waals surface area contributed by atoms with Gasteiger partial charge in [-0.2, -0.15) is 0 Å². The molecule has 1 aliphatic rings. The zero-order chi connectivity index (χ0) is 22.0. The van der Waals surface area contributed by atoms with Gasteiger partial charge in [-0.05, 0) is 39.0 Å². The fraction of sp³-hybridized carbons (Fsp3) is 0.458. The number of para-hydroxylation sites is 1. The predicted octanol–water partition coefficient (Wildman–Crippen LogP) is 3.61. The molecular weight excluding hydrogens is 394 g/mol. The summed E-state index contributed by atoms with van der Waals surface area (Å²) in [6.07, 6.45) is -0.892. The number of carbonyl (C=O) groups is 1. The summed E-state index contributed by atoms with van der Waals surface area (Å²) >= 11 is 0. The second kappa shape index (κ2) is 8.77. The van der Waals surface area contributed by atoms with Gasteiger partial charge in [0, 0.05) is 49.0 Å². The van der Waals surface area contributed by atoms with Gasteiger partial charge in [-0.1, -0.05) is 24.3 Å². The largest absolute Gasteiger partial charge is 0.490 e. The van der Waals surface area contributed by atoms with E-state index < -0.39 is 11.7 Å². The number of aromatic nitrogens is 1. The van der Waals surface area contributed by atoms with Crippen LogP contribution in [0.3, 0.4) is 0 Å². The van der Waals surface area contributed by atoms with Gasteiger partial charge in [0.1, 0.15) is 24.1 Å². The van der Waals surface area contributed by atoms with E-state index in [0.29, 0.717) is 32.7 Å². The van der Waals surface area contributed by atoms with Crippen molar-refractivity contribution in [1.29, 1.82) is 0 Å². The highest BCUT2D eigenvalue weighted by Gasteiger charge is 2.26. The number of nitrogens with zero attached hydrogens (tertiary/aromatic N) is 2. The Morgan fingerprint density at radius 1 is 1.06 bits per heavy atom. The van der Waals surface area contributed by atoms with Gasteiger partial charge in [0.25, 0.3) is 0 Å². The summed E-state index contributed by atoms with van der Waals surface area (Å²) in [4.78, 5) is 19.5. The number of rotatable bonds is 5. The number of H-pyrrole nitrogens is 1. The van der Waals surface area contributed by atoms with Crippen molar-refractivity contribution in [3.8, 4) is 5.75 Å². The first-order chi connectivity index (χ1) is 14.8. The van der Waals surface area contributed by atoms with E-state index in [9.17, 15) is 9.90 Å². The molecule has 1 aliphatic heterocycles. The first-order valence-corrected chi connectivity index (χ1v) is 10.8. The smallest absolute Gasteiger partial charge is 0.410 e. The van der Waals surface area contributed by atoms with Gasteiger partial charge in [0.15, 0.2) is 0 Å². The molecule has 2 aromatic carbocycles. The number of amides is 1. The Hall–Kier alpha value is -2.77. The summed E-state index contributed by atoms with van der Waals surface area (Å²) < 4.78 is 11.5. The third-order valence-electron chi connectivity index (χ3n) is 5.42. The Morgan fingerprint density at radius 3 is 2.52 bits per heavy atom. The van der Waals surface area contributed by atoms with Gasteiger partial charge in [0.2, 0.25) is 0 Å². The van der Waals surface area contributed by atoms with E-state index in [4.69, 9.17) is 9.47 Å². The number of carbonyl (C=O) groups excluding carboxylic acids is 1. The van der Waals surface area contributed by atoms with E-state index in [1.54, 1.807) is 4.90 Å². The molecular formula is C24H31N3O4. The number of hydrogen-bond donors (Lipinski definition) is 2. The summed E-state index contributed by atoms with van der Waals surface area (Å²) in [7, 11) is 0. The summed E-state index contributed by atoms with van der Waals surface area (Å²) in [5, 5.41) is 12.7. The molecule has 1 saturated heterocycles. The summed E-state index contributed by atoms with van der Waals surface area (Å²) in [5.74, 6) is 0.767. The van der Waals surface area contributed by atoms with Crippen LogP contribution in [-0.2, 0) is 4.74 Å². The minimum absolute atomic E-state index is 0.213. The van der Waals surface area contributed by atoms with Crippen molar-refractivity contribution < 1.29 is 19.4 Å². The molecule has 1 fully saturated rings. The molecule has 0 bridgehead atoms. The third-order valence-corrected chi connectivity index (χ3v) is 5.42. The fourth-order valence-corrected chi connectivity index (χ4v) is 3.96. The predicted molar refractivity (Wildman–Crippen MR) is 122 cm³/mol. The molecule has 2 N–H and O–H groups in total. The lowest BCUT2D eigenvalue weighted by molar-refractivity contribution is 0.00718. The van der Waals surface area contributed by atoms with Gasteiger partial charge >= 0.3 is 6.09 Å². The summed E-state index contributed by atoms with van der Waals surface area (Å²) in [6.45, 7) is 8.92. The Balaban J connectivity index is 1.31. The van der Waals surface area contributed by atoms with Gasteiger partial charge in [0.05, 0.1) is 5.52 Å². The second-order valence-corrected chi connectivity index (χ2v) is 9.08. The number of fused-ring (bicyclic) bond motifs is 3. The molecule has 0 radical (unpaired) electrons. The highest BCUT2D eigenvalue weighted by atomic mass is 16.6. The van der Waals surface area contributed by atoms with Crippen molar-refractivity contribution >= 4 is 27.9 Å². The van der Waals surface area contributed by atoms with Crippen molar-refractivity contribution in [2.24, 2.45) is 0 Å². The number of β-amino-alcohol motifs (C(OH)–C–C–N with tert-alkyl or cyclic N) is 1. The normalized spacial score (nSPS) is 16.6. The lowest BCUT2D eigenvalue weighted by Gasteiger charge is -2.36. The van der Waals surface area contributed by atoms with Crippen molar-refractivity contribution in [2.75, 3.05) is 39.3 Å². The first-order valence-electron chi connectivity index (χ1n) is 10.8. The van der Waals surface area contributed by atoms with Crippen LogP contribution in [0.5, 0.6) is 5.75 Å². The average Bonchev–Trinajstić information content (AvgIpc) is 3.11. The van der Waals surface area contributed by atoms with E-state index in [2.05, 4.69) is 16.0 Å². The van der Waals surface area contributed by atoms with Crippen LogP contribution in [0, 0.1) is 0 Å². The van der Waals surface area contributed by atoms with E-state index in [-0.39, 0.29) is 12.7 Å². The van der Waals surface area contributed by atoms with Crippen LogP contribution in [0.1, 0.15) is 20.8 Å². The van der Waals surface area contributed by atoms with Gasteiger partial charge in [-0.3, -0.25) is 4.90 Å². The van der Waals surface area contributed by atoms with Crippen LogP contribution in [0.4, 0.5) is 4.79 Å². The minimum atomic E-state index is -0.617. The molecule has 4 rings (SSSR count).